The summed E-state index contributed by atoms with van der Waals surface area (Å²) in [5, 5.41) is 83.4. The number of pyridine rings is 1. The molecule has 1 saturated heterocycles. The quantitative estimate of drug-likeness (QED) is 0.0105. The van der Waals surface area contributed by atoms with Gasteiger partial charge in [-0.3, -0.25) is 19.2 Å². The Morgan fingerprint density at radius 2 is 0.735 bits per heavy atom. The van der Waals surface area contributed by atoms with Crippen LogP contribution in [0.4, 0.5) is 5.69 Å². The molecule has 8 aromatic rings. The maximum atomic E-state index is 12.6. The molecule has 0 saturated carbocycles. The molecule has 9 N–H and O–H groups in total. The van der Waals surface area contributed by atoms with E-state index in [1.54, 1.807) is 264 Å². The first-order valence-electron chi connectivity index (χ1n) is 41.9. The lowest BCUT2D eigenvalue weighted by Gasteiger charge is -2.35. The first kappa shape index (κ1) is 110. The van der Waals surface area contributed by atoms with Crippen LogP contribution < -0.4 is 4.31 Å². The molecule has 1 fully saturated rings. The molecule has 0 aliphatic carbocycles. The van der Waals surface area contributed by atoms with Gasteiger partial charge in [0.15, 0.2) is 5.78 Å². The van der Waals surface area contributed by atoms with E-state index in [1.807, 2.05) is 25.1 Å². The first-order chi connectivity index (χ1) is 61.1. The van der Waals surface area contributed by atoms with Crippen molar-refractivity contribution < 1.29 is 145 Å². The fraction of sp³-hybridized carbons (Fsp3) is 0.423. The van der Waals surface area contributed by atoms with Gasteiger partial charge in [0.05, 0.1) is 82.8 Å². The van der Waals surface area contributed by atoms with E-state index in [9.17, 15) is 107 Å². The number of Topliss-reactive ketones (excluding diaryl/α,β-unsaturated/α-hetero) is 1. The van der Waals surface area contributed by atoms with Gasteiger partial charge in [-0.1, -0.05) is 121 Å². The molecular formula is C97H120N4O30S. The van der Waals surface area contributed by atoms with Crippen molar-refractivity contribution in [2.75, 3.05) is 36.9 Å². The molecule has 0 spiro atoms. The van der Waals surface area contributed by atoms with Crippen LogP contribution in [0.3, 0.4) is 0 Å². The van der Waals surface area contributed by atoms with Crippen LogP contribution in [0.15, 0.2) is 176 Å². The van der Waals surface area contributed by atoms with Crippen molar-refractivity contribution in [1.82, 2.24) is 15.2 Å². The minimum Gasteiger partial charge on any atom is -0.479 e. The Kier molecular flexibility index (Phi) is 38.0. The van der Waals surface area contributed by atoms with Gasteiger partial charge < -0.3 is 78.7 Å². The van der Waals surface area contributed by atoms with Gasteiger partial charge in [-0.05, 0) is 231 Å². The summed E-state index contributed by atoms with van der Waals surface area (Å²) >= 11 is 0. The summed E-state index contributed by atoms with van der Waals surface area (Å²) in [5.41, 5.74) is -6.11. The number of carboxylic acids is 8. The average molecular weight is 1850 g/mol. The van der Waals surface area contributed by atoms with E-state index in [0.717, 1.165) is 40.1 Å². The number of sulfonamides is 1. The Balaban J connectivity index is 0.000000292. The number of carbonyl (C=O) groups excluding carboxylic acids is 4. The maximum absolute atomic E-state index is 12.6. The van der Waals surface area contributed by atoms with Gasteiger partial charge in [0.1, 0.15) is 0 Å². The number of aryl methyl sites for hydroxylation is 1. The number of H-pyrrole nitrogens is 1. The molecular weight excluding hydrogens is 1730 g/mol. The highest BCUT2D eigenvalue weighted by atomic mass is 32.2. The maximum Gasteiger partial charge on any atom is 0.348 e. The Labute approximate surface area is 767 Å². The zero-order valence-electron chi connectivity index (χ0n) is 77.8. The molecule has 714 valence electrons. The number of carboxylic acid groups (broad SMARTS) is 8. The second kappa shape index (κ2) is 45.8. The number of aliphatic carboxylic acids is 8. The first-order valence-corrected chi connectivity index (χ1v) is 43.5. The van der Waals surface area contributed by atoms with Crippen molar-refractivity contribution in [1.29, 1.82) is 0 Å². The number of aromatic amines is 1. The summed E-state index contributed by atoms with van der Waals surface area (Å²) in [4.78, 5) is 147. The highest BCUT2D eigenvalue weighted by Gasteiger charge is 2.55. The van der Waals surface area contributed by atoms with Crippen LogP contribution in [0.1, 0.15) is 192 Å². The topological polar surface area (TPSA) is 519 Å². The third-order valence-corrected chi connectivity index (χ3v) is 21.1. The van der Waals surface area contributed by atoms with Gasteiger partial charge in [-0.15, -0.1) is 0 Å². The summed E-state index contributed by atoms with van der Waals surface area (Å²) in [6.07, 6.45) is 3.49. The molecule has 6 aromatic carbocycles. The number of methoxy groups -OCH3 is 1. The Morgan fingerprint density at radius 1 is 0.402 bits per heavy atom. The summed E-state index contributed by atoms with van der Waals surface area (Å²) < 4.78 is 68.3. The number of nitrogens with one attached hydrogen (secondary N) is 1. The molecule has 1 atom stereocenters. The molecule has 0 bridgehead atoms. The molecule has 9 rings (SSSR count). The van der Waals surface area contributed by atoms with Crippen molar-refractivity contribution in [2.24, 2.45) is 0 Å². The van der Waals surface area contributed by atoms with Crippen molar-refractivity contribution in [3.05, 3.63) is 221 Å². The van der Waals surface area contributed by atoms with Gasteiger partial charge in [-0.25, -0.2) is 61.2 Å². The number of ketones is 1. The predicted molar refractivity (Wildman–Crippen MR) is 486 cm³/mol. The van der Waals surface area contributed by atoms with Crippen LogP contribution in [0.2, 0.25) is 0 Å². The highest BCUT2D eigenvalue weighted by molar-refractivity contribution is 7.92. The number of aromatic nitrogens is 3. The van der Waals surface area contributed by atoms with E-state index in [2.05, 4.69) is 19.9 Å². The largest absolute Gasteiger partial charge is 0.479 e. The lowest BCUT2D eigenvalue weighted by Crippen LogP contribution is -2.54. The molecule has 0 amide bonds. The monoisotopic (exact) mass is 1850 g/mol. The van der Waals surface area contributed by atoms with Gasteiger partial charge in [-0.2, -0.15) is 5.10 Å². The number of anilines is 1. The lowest BCUT2D eigenvalue weighted by molar-refractivity contribution is -0.200. The minimum atomic E-state index is -3.36. The molecule has 2 aromatic heterocycles. The van der Waals surface area contributed by atoms with Gasteiger partial charge in [0, 0.05) is 61.7 Å². The standard InChI is InChI=1S/C23H26O7.C19H21NO5.C19H26O6.C18H22N2O5.C18H25NO7S/c1-5-29-19(24)18-9-7-6-8-17(18)16-12-10-15(11-13-16)14-23(20(25)26,21(27)28)30-22(2,3)4;1-18(2,3)25-19(16(21)22,17(23)24)12-13-7-9-14(10-8-13)15-6-4-5-11-20-15;1-7-24-17(22)19(13(2)20,25-18(3,4)5)12-14-8-10-15(11-9-14)16(21)23-6;1-11-14(10-19-20-11)13-7-5-12(6-8-13)9-18(15(21)22,16(23)24)25-17(2,3)4;1-17(2,3)26-18(15(20)21,16(22)23)12-13-6-8-14(9-7-13)19-10-4-5-11-27(19,24)25/h6-13H,5,14H2,1-4H3,(H,25,26)(H,27,28);4-11H,12H2,1-3H3,(H,21,22)(H,23,24);8-11H,7,12H2,1-6H3;5-8,10H,9H2,1-4H3,(H,19,20)(H,21,22)(H,23,24);6-9H,4-5,10-12H2,1-3H3,(H,20,21)(H,22,23). The zero-order chi connectivity index (χ0) is 99.7. The molecule has 0 radical (unpaired) electrons. The normalized spacial score (nSPS) is 13.4. The Morgan fingerprint density at radius 3 is 1.05 bits per heavy atom. The van der Waals surface area contributed by atoms with Crippen LogP contribution in [0.5, 0.6) is 0 Å². The summed E-state index contributed by atoms with van der Waals surface area (Å²) in [7, 11) is -2.05. The molecule has 132 heavy (non-hydrogen) atoms. The Hall–Kier alpha value is -12.9. The number of hydrogen-bond acceptors (Lipinski definition) is 24. The van der Waals surface area contributed by atoms with E-state index in [0.29, 0.717) is 63.2 Å². The fourth-order valence-corrected chi connectivity index (χ4v) is 15.3. The molecule has 1 aliphatic rings. The SMILES string of the molecule is CC(C)(C)OC(Cc1ccc(-c2ccccn2)cc1)(C(=O)O)C(=O)O.CC(C)(C)OC(Cc1ccc(N2CCCCS2(=O)=O)cc1)(C(=O)O)C(=O)O.CCOC(=O)C(Cc1ccc(C(=O)OC)cc1)(OC(C)(C)C)C(C)=O.CCOC(=O)c1ccccc1-c1ccc(CC(OC(C)(C)C)(C(=O)O)C(=O)O)cc1.Cc1[nH]ncc1-c1ccc(CC(OC(C)(C)C)(C(=O)O)C(=O)O)cc1. The highest BCUT2D eigenvalue weighted by Crippen LogP contribution is 2.36. The number of rotatable bonds is 33. The molecule has 35 heteroatoms. The minimum absolute atomic E-state index is 0.0138. The summed E-state index contributed by atoms with van der Waals surface area (Å²) in [6.45, 7) is 32.0. The van der Waals surface area contributed by atoms with Crippen LogP contribution >= 0.6 is 0 Å². The van der Waals surface area contributed by atoms with E-state index in [-0.39, 0.29) is 51.1 Å². The van der Waals surface area contributed by atoms with Crippen molar-refractivity contribution in [3.8, 4) is 33.5 Å². The van der Waals surface area contributed by atoms with E-state index >= 15 is 0 Å². The fourth-order valence-electron chi connectivity index (χ4n) is 13.7. The predicted octanol–water partition coefficient (Wildman–Crippen LogP) is 14.1. The van der Waals surface area contributed by atoms with E-state index in [4.69, 9.17) is 33.2 Å². The molecule has 1 unspecified atom stereocenters. The smallest absolute Gasteiger partial charge is 0.348 e. The number of benzene rings is 6. The van der Waals surface area contributed by atoms with E-state index < -0.39 is 137 Å². The second-order valence-corrected chi connectivity index (χ2v) is 37.8. The summed E-state index contributed by atoms with van der Waals surface area (Å²) in [5.74, 6) is -14.4. The Bertz CT molecular complexity index is 5390. The van der Waals surface area contributed by atoms with Crippen LogP contribution in [-0.4, -0.2) is 225 Å². The molecule has 3 heterocycles. The molecule has 34 nitrogen and oxygen atoms in total. The number of nitrogens with zero attached hydrogens (tertiary/aromatic N) is 3. The molecule has 1 aliphatic heterocycles. The van der Waals surface area contributed by atoms with Crippen molar-refractivity contribution in [2.45, 2.75) is 233 Å². The van der Waals surface area contributed by atoms with E-state index in [1.165, 1.54) is 30.5 Å². The zero-order valence-corrected chi connectivity index (χ0v) is 78.6. The third-order valence-electron chi connectivity index (χ3n) is 19.3. The number of hydrogen-bond donors (Lipinski definition) is 9. The number of carbonyl (C=O) groups is 12. The van der Waals surface area contributed by atoms with Crippen molar-refractivity contribution >= 4 is 87.2 Å². The van der Waals surface area contributed by atoms with Gasteiger partial charge >= 0.3 is 65.7 Å². The van der Waals surface area contributed by atoms with Crippen LogP contribution in [0, 0.1) is 6.92 Å². The third kappa shape index (κ3) is 30.6. The summed E-state index contributed by atoms with van der Waals surface area (Å²) in [6, 6.07) is 45.8. The van der Waals surface area contributed by atoms with Crippen LogP contribution in [-0.2, 0) is 128 Å². The van der Waals surface area contributed by atoms with Crippen LogP contribution in [0.25, 0.3) is 33.5 Å². The van der Waals surface area contributed by atoms with Gasteiger partial charge in [0.2, 0.25) is 15.6 Å². The number of esters is 3. The second-order valence-electron chi connectivity index (χ2n) is 35.7. The number of ether oxygens (including phenoxy) is 8. The van der Waals surface area contributed by atoms with Crippen molar-refractivity contribution in [3.63, 3.8) is 0 Å². The lowest BCUT2D eigenvalue weighted by atomic mass is 9.89. The van der Waals surface area contributed by atoms with Gasteiger partial charge in [0.25, 0.3) is 22.4 Å². The average Bonchev–Trinajstić information content (AvgIpc) is 1.20.